The first-order valence-corrected chi connectivity index (χ1v) is 6.10. The van der Waals surface area contributed by atoms with E-state index in [9.17, 15) is 4.79 Å². The molecule has 0 aromatic heterocycles. The van der Waals surface area contributed by atoms with Gasteiger partial charge in [-0.25, -0.2) is 0 Å². The van der Waals surface area contributed by atoms with E-state index in [1.807, 2.05) is 18.2 Å². The number of nitrogens with one attached hydrogen (secondary N) is 2. The summed E-state index contributed by atoms with van der Waals surface area (Å²) in [5.74, 6) is 1.71. The third kappa shape index (κ3) is 3.13. The zero-order valence-electron chi connectivity index (χ0n) is 10.5. The van der Waals surface area contributed by atoms with Crippen LogP contribution in [-0.4, -0.2) is 26.3 Å². The number of carbonyl (C=O) groups is 1. The number of amides is 1. The van der Waals surface area contributed by atoms with Crippen molar-refractivity contribution in [3.8, 4) is 11.5 Å². The standard InChI is InChI=1S/C13H18N2O3/c1-14-12(16)6-3-7-15-8-10-4-2-5-11-13(10)18-9-17-11/h2,4-5,15H,3,6-9H2,1H3,(H,14,16). The Bertz CT molecular complexity index is 421. The number of rotatable bonds is 6. The van der Waals surface area contributed by atoms with Gasteiger partial charge in [0.15, 0.2) is 11.5 Å². The van der Waals surface area contributed by atoms with E-state index >= 15 is 0 Å². The van der Waals surface area contributed by atoms with Crippen LogP contribution in [0.4, 0.5) is 0 Å². The van der Waals surface area contributed by atoms with E-state index in [0.717, 1.165) is 36.6 Å². The summed E-state index contributed by atoms with van der Waals surface area (Å²) >= 11 is 0. The number of fused-ring (bicyclic) bond motifs is 1. The van der Waals surface area contributed by atoms with E-state index in [1.54, 1.807) is 7.05 Å². The van der Waals surface area contributed by atoms with Crippen LogP contribution >= 0.6 is 0 Å². The third-order valence-corrected chi connectivity index (χ3v) is 2.83. The number of para-hydroxylation sites is 1. The van der Waals surface area contributed by atoms with E-state index in [4.69, 9.17) is 9.47 Å². The molecule has 18 heavy (non-hydrogen) atoms. The monoisotopic (exact) mass is 250 g/mol. The maximum atomic E-state index is 11.0. The normalized spacial score (nSPS) is 12.5. The fourth-order valence-corrected chi connectivity index (χ4v) is 1.85. The van der Waals surface area contributed by atoms with Crippen LogP contribution in [0.2, 0.25) is 0 Å². The molecule has 1 aromatic rings. The highest BCUT2D eigenvalue weighted by Crippen LogP contribution is 2.35. The van der Waals surface area contributed by atoms with Crippen molar-refractivity contribution in [2.45, 2.75) is 19.4 Å². The maximum Gasteiger partial charge on any atom is 0.231 e. The van der Waals surface area contributed by atoms with Gasteiger partial charge in [0, 0.05) is 25.6 Å². The molecule has 0 fully saturated rings. The van der Waals surface area contributed by atoms with Gasteiger partial charge in [0.25, 0.3) is 0 Å². The molecule has 0 radical (unpaired) electrons. The average Bonchev–Trinajstić information content (AvgIpc) is 2.87. The molecule has 1 aliphatic rings. The molecule has 0 saturated carbocycles. The SMILES string of the molecule is CNC(=O)CCCNCc1cccc2c1OCO2. The maximum absolute atomic E-state index is 11.0. The van der Waals surface area contributed by atoms with Gasteiger partial charge >= 0.3 is 0 Å². The highest BCUT2D eigenvalue weighted by molar-refractivity contribution is 5.75. The zero-order valence-corrected chi connectivity index (χ0v) is 10.5. The Morgan fingerprint density at radius 1 is 1.39 bits per heavy atom. The number of hydrogen-bond donors (Lipinski definition) is 2. The minimum absolute atomic E-state index is 0.0779. The summed E-state index contributed by atoms with van der Waals surface area (Å²) < 4.78 is 10.7. The van der Waals surface area contributed by atoms with E-state index in [-0.39, 0.29) is 5.91 Å². The van der Waals surface area contributed by atoms with Crippen LogP contribution in [0, 0.1) is 0 Å². The Kier molecular flexibility index (Phi) is 4.41. The van der Waals surface area contributed by atoms with Crippen molar-refractivity contribution in [2.24, 2.45) is 0 Å². The summed E-state index contributed by atoms with van der Waals surface area (Å²) in [5.41, 5.74) is 1.09. The van der Waals surface area contributed by atoms with Crippen LogP contribution in [0.3, 0.4) is 0 Å². The zero-order chi connectivity index (χ0) is 12.8. The Labute approximate surface area is 106 Å². The summed E-state index contributed by atoms with van der Waals surface area (Å²) in [4.78, 5) is 11.0. The largest absolute Gasteiger partial charge is 0.454 e. The summed E-state index contributed by atoms with van der Waals surface area (Å²) in [6.45, 7) is 1.82. The summed E-state index contributed by atoms with van der Waals surface area (Å²) in [7, 11) is 1.65. The molecule has 0 spiro atoms. The number of ether oxygens (including phenoxy) is 2. The Balaban J connectivity index is 1.74. The average molecular weight is 250 g/mol. The van der Waals surface area contributed by atoms with Crippen LogP contribution < -0.4 is 20.1 Å². The summed E-state index contributed by atoms with van der Waals surface area (Å²) in [5, 5.41) is 5.90. The molecule has 5 heteroatoms. The number of carbonyl (C=O) groups excluding carboxylic acids is 1. The summed E-state index contributed by atoms with van der Waals surface area (Å²) in [6.07, 6.45) is 1.38. The van der Waals surface area contributed by atoms with Gasteiger partial charge in [-0.3, -0.25) is 4.79 Å². The van der Waals surface area contributed by atoms with Crippen molar-refractivity contribution < 1.29 is 14.3 Å². The van der Waals surface area contributed by atoms with Gasteiger partial charge in [0.2, 0.25) is 12.7 Å². The van der Waals surface area contributed by atoms with Crippen molar-refractivity contribution in [3.63, 3.8) is 0 Å². The van der Waals surface area contributed by atoms with Crippen molar-refractivity contribution in [1.29, 1.82) is 0 Å². The molecule has 2 N–H and O–H groups in total. The predicted octanol–water partition coefficient (Wildman–Crippen LogP) is 1.03. The van der Waals surface area contributed by atoms with Gasteiger partial charge in [-0.05, 0) is 19.0 Å². The summed E-state index contributed by atoms with van der Waals surface area (Å²) in [6, 6.07) is 5.87. The molecule has 1 aliphatic heterocycles. The van der Waals surface area contributed by atoms with Crippen molar-refractivity contribution in [3.05, 3.63) is 23.8 Å². The molecule has 0 aliphatic carbocycles. The van der Waals surface area contributed by atoms with Gasteiger partial charge in [0.05, 0.1) is 0 Å². The first kappa shape index (κ1) is 12.7. The van der Waals surface area contributed by atoms with E-state index < -0.39 is 0 Å². The Morgan fingerprint density at radius 2 is 2.28 bits per heavy atom. The van der Waals surface area contributed by atoms with Crippen LogP contribution in [0.5, 0.6) is 11.5 Å². The van der Waals surface area contributed by atoms with E-state index in [0.29, 0.717) is 13.2 Å². The lowest BCUT2D eigenvalue weighted by Crippen LogP contribution is -2.21. The number of benzene rings is 1. The van der Waals surface area contributed by atoms with Gasteiger partial charge in [0.1, 0.15) is 0 Å². The van der Waals surface area contributed by atoms with Gasteiger partial charge < -0.3 is 20.1 Å². The highest BCUT2D eigenvalue weighted by Gasteiger charge is 2.16. The molecular formula is C13H18N2O3. The number of hydrogen-bond acceptors (Lipinski definition) is 4. The molecule has 5 nitrogen and oxygen atoms in total. The molecule has 1 aromatic carbocycles. The quantitative estimate of drug-likeness (QED) is 0.740. The second-order valence-corrected chi connectivity index (χ2v) is 4.10. The topological polar surface area (TPSA) is 59.6 Å². The molecule has 0 saturated heterocycles. The van der Waals surface area contributed by atoms with Gasteiger partial charge in [-0.1, -0.05) is 12.1 Å². The minimum Gasteiger partial charge on any atom is -0.454 e. The first-order chi connectivity index (χ1) is 8.81. The Morgan fingerprint density at radius 3 is 3.11 bits per heavy atom. The molecule has 0 atom stereocenters. The molecule has 0 unspecified atom stereocenters. The fourth-order valence-electron chi connectivity index (χ4n) is 1.85. The van der Waals surface area contributed by atoms with Crippen LogP contribution in [-0.2, 0) is 11.3 Å². The second kappa shape index (κ2) is 6.26. The van der Waals surface area contributed by atoms with Crippen molar-refractivity contribution in [1.82, 2.24) is 10.6 Å². The molecule has 1 amide bonds. The van der Waals surface area contributed by atoms with Gasteiger partial charge in [-0.2, -0.15) is 0 Å². The van der Waals surface area contributed by atoms with Gasteiger partial charge in [-0.15, -0.1) is 0 Å². The lowest BCUT2D eigenvalue weighted by molar-refractivity contribution is -0.120. The Hall–Kier alpha value is -1.75. The molecule has 98 valence electrons. The smallest absolute Gasteiger partial charge is 0.231 e. The van der Waals surface area contributed by atoms with Crippen LogP contribution in [0.1, 0.15) is 18.4 Å². The molecule has 2 rings (SSSR count). The van der Waals surface area contributed by atoms with Crippen molar-refractivity contribution in [2.75, 3.05) is 20.4 Å². The lowest BCUT2D eigenvalue weighted by Gasteiger charge is -2.07. The van der Waals surface area contributed by atoms with Crippen molar-refractivity contribution >= 4 is 5.91 Å². The second-order valence-electron chi connectivity index (χ2n) is 4.10. The first-order valence-electron chi connectivity index (χ1n) is 6.10. The molecule has 0 bridgehead atoms. The lowest BCUT2D eigenvalue weighted by atomic mass is 10.2. The van der Waals surface area contributed by atoms with Crippen LogP contribution in [0.25, 0.3) is 0 Å². The molecule has 1 heterocycles. The molecular weight excluding hydrogens is 232 g/mol. The van der Waals surface area contributed by atoms with E-state index in [2.05, 4.69) is 10.6 Å². The van der Waals surface area contributed by atoms with Crippen LogP contribution in [0.15, 0.2) is 18.2 Å². The minimum atomic E-state index is 0.0779. The third-order valence-electron chi connectivity index (χ3n) is 2.83. The fraction of sp³-hybridized carbons (Fsp3) is 0.462. The predicted molar refractivity (Wildman–Crippen MR) is 67.6 cm³/mol. The highest BCUT2D eigenvalue weighted by atomic mass is 16.7. The van der Waals surface area contributed by atoms with E-state index in [1.165, 1.54) is 0 Å².